The van der Waals surface area contributed by atoms with Crippen molar-refractivity contribution in [2.75, 3.05) is 13.2 Å². The van der Waals surface area contributed by atoms with Crippen molar-refractivity contribution in [2.24, 2.45) is 0 Å². The molecule has 0 fully saturated rings. The SMILES string of the molecule is CC(C)(C)NCCCCOc1ccc2ccccc2c1.O=C(O)C(=O)O. The molecule has 0 heterocycles. The van der Waals surface area contributed by atoms with E-state index in [2.05, 4.69) is 68.6 Å². The second-order valence-corrected chi connectivity index (χ2v) is 6.85. The first-order chi connectivity index (χ1) is 12.2. The second kappa shape index (κ2) is 10.4. The van der Waals surface area contributed by atoms with Crippen molar-refractivity contribution in [3.63, 3.8) is 0 Å². The van der Waals surface area contributed by atoms with Crippen LogP contribution in [0.3, 0.4) is 0 Å². The zero-order chi connectivity index (χ0) is 19.6. The van der Waals surface area contributed by atoms with Gasteiger partial charge in [-0.2, -0.15) is 0 Å². The molecule has 0 bridgehead atoms. The minimum atomic E-state index is -1.82. The molecular weight excluding hydrogens is 334 g/mol. The topological polar surface area (TPSA) is 95.9 Å². The highest BCUT2D eigenvalue weighted by Crippen LogP contribution is 2.20. The van der Waals surface area contributed by atoms with E-state index in [-0.39, 0.29) is 5.54 Å². The van der Waals surface area contributed by atoms with Crippen molar-refractivity contribution in [1.82, 2.24) is 5.32 Å². The molecule has 0 atom stereocenters. The number of benzene rings is 2. The van der Waals surface area contributed by atoms with Crippen LogP contribution in [0, 0.1) is 0 Å². The molecule has 2 rings (SSSR count). The summed E-state index contributed by atoms with van der Waals surface area (Å²) in [5, 5.41) is 20.8. The Morgan fingerprint density at radius 1 is 0.962 bits per heavy atom. The lowest BCUT2D eigenvalue weighted by Crippen LogP contribution is -2.36. The van der Waals surface area contributed by atoms with Crippen LogP contribution in [-0.4, -0.2) is 40.8 Å². The van der Waals surface area contributed by atoms with Crippen molar-refractivity contribution in [3.05, 3.63) is 42.5 Å². The summed E-state index contributed by atoms with van der Waals surface area (Å²) in [6.07, 6.45) is 2.22. The summed E-state index contributed by atoms with van der Waals surface area (Å²) in [7, 11) is 0. The number of hydrogen-bond acceptors (Lipinski definition) is 4. The zero-order valence-corrected chi connectivity index (χ0v) is 15.5. The van der Waals surface area contributed by atoms with E-state index in [1.807, 2.05) is 0 Å². The standard InChI is InChI=1S/C18H25NO.C2H2O4/c1-18(2,3)19-12-6-7-13-20-17-11-10-15-8-4-5-9-16(15)14-17;3-1(4)2(5)6/h4-5,8-11,14,19H,6-7,12-13H2,1-3H3;(H,3,4)(H,5,6). The number of unbranched alkanes of at least 4 members (excludes halogenated alkanes) is 1. The molecule has 0 saturated carbocycles. The molecule has 0 saturated heterocycles. The molecule has 6 heteroatoms. The average molecular weight is 361 g/mol. The Bertz CT molecular complexity index is 709. The van der Waals surface area contributed by atoms with Crippen LogP contribution in [0.25, 0.3) is 10.8 Å². The van der Waals surface area contributed by atoms with Crippen molar-refractivity contribution >= 4 is 22.7 Å². The maximum atomic E-state index is 9.10. The predicted molar refractivity (Wildman–Crippen MR) is 102 cm³/mol. The van der Waals surface area contributed by atoms with Gasteiger partial charge in [-0.3, -0.25) is 0 Å². The molecule has 0 aliphatic carbocycles. The lowest BCUT2D eigenvalue weighted by atomic mass is 10.1. The van der Waals surface area contributed by atoms with Gasteiger partial charge >= 0.3 is 11.9 Å². The van der Waals surface area contributed by atoms with Gasteiger partial charge in [0.25, 0.3) is 0 Å². The van der Waals surface area contributed by atoms with Gasteiger partial charge in [-0.05, 0) is 63.1 Å². The highest BCUT2D eigenvalue weighted by atomic mass is 16.5. The molecular formula is C20H27NO5. The first-order valence-electron chi connectivity index (χ1n) is 8.52. The monoisotopic (exact) mass is 361 g/mol. The van der Waals surface area contributed by atoms with Gasteiger partial charge < -0.3 is 20.3 Å². The Morgan fingerprint density at radius 3 is 2.15 bits per heavy atom. The number of ether oxygens (including phenoxy) is 1. The summed E-state index contributed by atoms with van der Waals surface area (Å²) in [6.45, 7) is 8.41. The molecule has 2 aromatic carbocycles. The van der Waals surface area contributed by atoms with E-state index >= 15 is 0 Å². The summed E-state index contributed by atoms with van der Waals surface area (Å²) in [5.74, 6) is -2.68. The van der Waals surface area contributed by atoms with Crippen LogP contribution in [0.5, 0.6) is 5.75 Å². The van der Waals surface area contributed by atoms with Crippen LogP contribution in [0.15, 0.2) is 42.5 Å². The quantitative estimate of drug-likeness (QED) is 0.538. The Kier molecular flexibility index (Phi) is 8.58. The minimum Gasteiger partial charge on any atom is -0.494 e. The fourth-order valence-electron chi connectivity index (χ4n) is 2.14. The number of carboxylic acid groups (broad SMARTS) is 2. The van der Waals surface area contributed by atoms with E-state index in [4.69, 9.17) is 24.5 Å². The number of fused-ring (bicyclic) bond motifs is 1. The molecule has 0 aromatic heterocycles. The lowest BCUT2D eigenvalue weighted by molar-refractivity contribution is -0.159. The first-order valence-corrected chi connectivity index (χ1v) is 8.52. The van der Waals surface area contributed by atoms with Gasteiger partial charge in [-0.1, -0.05) is 30.3 Å². The molecule has 6 nitrogen and oxygen atoms in total. The van der Waals surface area contributed by atoms with Crippen LogP contribution in [-0.2, 0) is 9.59 Å². The lowest BCUT2D eigenvalue weighted by Gasteiger charge is -2.20. The number of carboxylic acids is 2. The van der Waals surface area contributed by atoms with Gasteiger partial charge in [0, 0.05) is 5.54 Å². The highest BCUT2D eigenvalue weighted by Gasteiger charge is 2.07. The van der Waals surface area contributed by atoms with E-state index in [0.717, 1.165) is 31.7 Å². The highest BCUT2D eigenvalue weighted by molar-refractivity contribution is 6.27. The van der Waals surface area contributed by atoms with Gasteiger partial charge in [0.2, 0.25) is 0 Å². The Labute approximate surface area is 153 Å². The third-order valence-corrected chi connectivity index (χ3v) is 3.40. The number of rotatable bonds is 6. The molecule has 142 valence electrons. The smallest absolute Gasteiger partial charge is 0.414 e. The van der Waals surface area contributed by atoms with E-state index in [0.29, 0.717) is 0 Å². The number of aliphatic carboxylic acids is 2. The number of carbonyl (C=O) groups is 2. The molecule has 0 spiro atoms. The van der Waals surface area contributed by atoms with Gasteiger partial charge in [0.15, 0.2) is 0 Å². The number of nitrogens with one attached hydrogen (secondary N) is 1. The van der Waals surface area contributed by atoms with Gasteiger partial charge in [-0.25, -0.2) is 9.59 Å². The molecule has 0 aliphatic rings. The molecule has 0 unspecified atom stereocenters. The summed E-state index contributed by atoms with van der Waals surface area (Å²) >= 11 is 0. The van der Waals surface area contributed by atoms with Gasteiger partial charge in [0.1, 0.15) is 5.75 Å². The first kappa shape index (κ1) is 21.4. The van der Waals surface area contributed by atoms with Crippen LogP contribution in [0.2, 0.25) is 0 Å². The maximum Gasteiger partial charge on any atom is 0.414 e. The van der Waals surface area contributed by atoms with Crippen LogP contribution in [0.1, 0.15) is 33.6 Å². The Balaban J connectivity index is 0.000000487. The molecule has 2 aromatic rings. The molecule has 26 heavy (non-hydrogen) atoms. The van der Waals surface area contributed by atoms with E-state index in [1.54, 1.807) is 0 Å². The van der Waals surface area contributed by atoms with Crippen LogP contribution < -0.4 is 10.1 Å². The fourth-order valence-corrected chi connectivity index (χ4v) is 2.14. The third kappa shape index (κ3) is 9.03. The summed E-state index contributed by atoms with van der Waals surface area (Å²) in [6, 6.07) is 14.6. The van der Waals surface area contributed by atoms with Crippen LogP contribution >= 0.6 is 0 Å². The zero-order valence-electron chi connectivity index (χ0n) is 15.5. The normalized spacial score (nSPS) is 10.7. The van der Waals surface area contributed by atoms with Crippen molar-refractivity contribution in [2.45, 2.75) is 39.2 Å². The molecule has 0 amide bonds. The fraction of sp³-hybridized carbons (Fsp3) is 0.400. The summed E-state index contributed by atoms with van der Waals surface area (Å²) in [4.78, 5) is 18.2. The van der Waals surface area contributed by atoms with Crippen molar-refractivity contribution < 1.29 is 24.5 Å². The van der Waals surface area contributed by atoms with Gasteiger partial charge in [0.05, 0.1) is 6.61 Å². The summed E-state index contributed by atoms with van der Waals surface area (Å²) in [5.41, 5.74) is 0.208. The third-order valence-electron chi connectivity index (χ3n) is 3.40. The number of hydrogen-bond donors (Lipinski definition) is 3. The molecule has 3 N–H and O–H groups in total. The van der Waals surface area contributed by atoms with E-state index < -0.39 is 11.9 Å². The van der Waals surface area contributed by atoms with Crippen molar-refractivity contribution in [1.29, 1.82) is 0 Å². The van der Waals surface area contributed by atoms with Crippen molar-refractivity contribution in [3.8, 4) is 5.75 Å². The maximum absolute atomic E-state index is 9.10. The Hall–Kier alpha value is -2.60. The van der Waals surface area contributed by atoms with Crippen LogP contribution in [0.4, 0.5) is 0 Å². The second-order valence-electron chi connectivity index (χ2n) is 6.85. The molecule has 0 aliphatic heterocycles. The van der Waals surface area contributed by atoms with Gasteiger partial charge in [-0.15, -0.1) is 0 Å². The molecule has 0 radical (unpaired) electrons. The average Bonchev–Trinajstić information content (AvgIpc) is 2.57. The summed E-state index contributed by atoms with van der Waals surface area (Å²) < 4.78 is 5.82. The predicted octanol–water partition coefficient (Wildman–Crippen LogP) is 3.54. The largest absolute Gasteiger partial charge is 0.494 e. The minimum absolute atomic E-state index is 0.208. The van der Waals surface area contributed by atoms with E-state index in [9.17, 15) is 0 Å². The van der Waals surface area contributed by atoms with E-state index in [1.165, 1.54) is 10.8 Å². The Morgan fingerprint density at radius 2 is 1.58 bits per heavy atom.